The highest BCUT2D eigenvalue weighted by Crippen LogP contribution is 2.20. The Morgan fingerprint density at radius 3 is 2.18 bits per heavy atom. The zero-order chi connectivity index (χ0) is 21.9. The topological polar surface area (TPSA) is 78.5 Å². The molecular weight excluding hydrogens is 354 g/mol. The third-order valence-corrected chi connectivity index (χ3v) is 4.19. The molecule has 6 heteroatoms. The summed E-state index contributed by atoms with van der Waals surface area (Å²) in [6.07, 6.45) is 7.69. The lowest BCUT2D eigenvalue weighted by atomic mass is 10.1. The number of allylic oxidation sites excluding steroid dienone is 1. The summed E-state index contributed by atoms with van der Waals surface area (Å²) in [5.41, 5.74) is 0. The minimum absolute atomic E-state index is 0.0327. The summed E-state index contributed by atoms with van der Waals surface area (Å²) in [7, 11) is 1.56. The molecule has 6 nitrogen and oxygen atoms in total. The number of amides is 3. The second kappa shape index (κ2) is 18.5. The van der Waals surface area contributed by atoms with Gasteiger partial charge in [0.05, 0.1) is 0 Å². The first-order chi connectivity index (χ1) is 13.2. The zero-order valence-corrected chi connectivity index (χ0v) is 18.9. The molecule has 1 heterocycles. The van der Waals surface area contributed by atoms with E-state index in [-0.39, 0.29) is 17.9 Å². The van der Waals surface area contributed by atoms with Gasteiger partial charge in [-0.25, -0.2) is 0 Å². The van der Waals surface area contributed by atoms with E-state index in [4.69, 9.17) is 4.79 Å². The van der Waals surface area contributed by atoms with Crippen LogP contribution in [0.1, 0.15) is 73.1 Å². The van der Waals surface area contributed by atoms with Gasteiger partial charge in [-0.2, -0.15) is 0 Å². The van der Waals surface area contributed by atoms with Gasteiger partial charge in [-0.3, -0.25) is 14.4 Å². The number of nitrogens with one attached hydrogen (secondary N) is 2. The number of nitrogens with zero attached hydrogens (tertiary/aromatic N) is 1. The molecule has 2 N–H and O–H groups in total. The van der Waals surface area contributed by atoms with E-state index in [2.05, 4.69) is 44.9 Å². The summed E-state index contributed by atoms with van der Waals surface area (Å²) in [5.74, 6) is 1.40. The molecule has 1 saturated heterocycles. The summed E-state index contributed by atoms with van der Waals surface area (Å²) in [6, 6.07) is -0.233. The minimum Gasteiger partial charge on any atom is -0.362 e. The second-order valence-corrected chi connectivity index (χ2v) is 7.82. The van der Waals surface area contributed by atoms with Crippen LogP contribution in [0.25, 0.3) is 0 Å². The van der Waals surface area contributed by atoms with Crippen LogP contribution in [-0.2, 0) is 14.4 Å². The first-order valence-corrected chi connectivity index (χ1v) is 10.5. The Kier molecular flexibility index (Phi) is 18.7. The van der Waals surface area contributed by atoms with Crippen molar-refractivity contribution >= 4 is 18.2 Å². The van der Waals surface area contributed by atoms with Gasteiger partial charge in [-0.05, 0) is 44.4 Å². The molecular formula is C22H43N3O3. The largest absolute Gasteiger partial charge is 0.362 e. The van der Waals surface area contributed by atoms with Crippen molar-refractivity contribution in [3.8, 4) is 0 Å². The Labute approximate surface area is 172 Å². The standard InChI is InChI=1S/C17H32N2O2.C3H6.C2H5NO/c1-13(2)7-5-9-16(20)19-12-6-8-15(19)17(21)18-11-10-14(3)4;1-3-2;1-3-2-4/h13-15H,5-12H2,1-4H3,(H,18,21);3H,1H2,2H3;2H,1H3,(H,3,4). The van der Waals surface area contributed by atoms with Gasteiger partial charge in [0.15, 0.2) is 0 Å². The van der Waals surface area contributed by atoms with Crippen LogP contribution in [-0.4, -0.2) is 49.3 Å². The van der Waals surface area contributed by atoms with Crippen LogP contribution in [0.5, 0.6) is 0 Å². The molecule has 0 aromatic rings. The third-order valence-electron chi connectivity index (χ3n) is 4.19. The van der Waals surface area contributed by atoms with Crippen molar-refractivity contribution in [2.24, 2.45) is 11.8 Å². The average molecular weight is 398 g/mol. The molecule has 0 spiro atoms. The molecule has 1 aliphatic heterocycles. The Hall–Kier alpha value is -1.85. The summed E-state index contributed by atoms with van der Waals surface area (Å²) in [5, 5.41) is 5.23. The third kappa shape index (κ3) is 15.2. The summed E-state index contributed by atoms with van der Waals surface area (Å²) < 4.78 is 0. The van der Waals surface area contributed by atoms with Crippen LogP contribution in [0.3, 0.4) is 0 Å². The molecule has 1 rings (SSSR count). The number of hydrogen-bond donors (Lipinski definition) is 2. The first-order valence-electron chi connectivity index (χ1n) is 10.5. The van der Waals surface area contributed by atoms with E-state index >= 15 is 0 Å². The maximum absolute atomic E-state index is 12.3. The lowest BCUT2D eigenvalue weighted by Crippen LogP contribution is -2.46. The van der Waals surface area contributed by atoms with Crippen LogP contribution in [0.2, 0.25) is 0 Å². The zero-order valence-electron chi connectivity index (χ0n) is 18.9. The van der Waals surface area contributed by atoms with Crippen molar-refractivity contribution in [1.29, 1.82) is 0 Å². The molecule has 1 fully saturated rings. The highest BCUT2D eigenvalue weighted by molar-refractivity contribution is 5.88. The van der Waals surface area contributed by atoms with E-state index in [1.807, 2.05) is 6.92 Å². The number of carbonyl (C=O) groups is 3. The second-order valence-electron chi connectivity index (χ2n) is 7.82. The summed E-state index contributed by atoms with van der Waals surface area (Å²) >= 11 is 0. The quantitative estimate of drug-likeness (QED) is 0.461. The maximum Gasteiger partial charge on any atom is 0.242 e. The van der Waals surface area contributed by atoms with Crippen LogP contribution < -0.4 is 10.6 Å². The summed E-state index contributed by atoms with van der Waals surface area (Å²) in [4.78, 5) is 35.3. The number of rotatable bonds is 9. The average Bonchev–Trinajstić information content (AvgIpc) is 3.12. The van der Waals surface area contributed by atoms with E-state index in [9.17, 15) is 9.59 Å². The van der Waals surface area contributed by atoms with Gasteiger partial charge in [0.1, 0.15) is 6.04 Å². The highest BCUT2D eigenvalue weighted by Gasteiger charge is 2.33. The number of likely N-dealkylation sites (tertiary alicyclic amines) is 1. The van der Waals surface area contributed by atoms with Crippen LogP contribution in [0.15, 0.2) is 12.7 Å². The minimum atomic E-state index is -0.233. The van der Waals surface area contributed by atoms with Crippen molar-refractivity contribution in [2.75, 3.05) is 20.1 Å². The maximum atomic E-state index is 12.3. The van der Waals surface area contributed by atoms with E-state index in [1.54, 1.807) is 18.0 Å². The van der Waals surface area contributed by atoms with Gasteiger partial charge >= 0.3 is 0 Å². The Morgan fingerprint density at radius 1 is 1.18 bits per heavy atom. The fourth-order valence-electron chi connectivity index (χ4n) is 2.74. The first kappa shape index (κ1) is 28.4. The van der Waals surface area contributed by atoms with E-state index in [0.717, 1.165) is 38.6 Å². The molecule has 1 atom stereocenters. The van der Waals surface area contributed by atoms with E-state index in [0.29, 0.717) is 31.2 Å². The SMILES string of the molecule is C=CC.CC(C)CCCC(=O)N1CCCC1C(=O)NCCC(C)C.CNC=O. The van der Waals surface area contributed by atoms with E-state index in [1.165, 1.54) is 0 Å². The van der Waals surface area contributed by atoms with Gasteiger partial charge in [0.25, 0.3) is 0 Å². The van der Waals surface area contributed by atoms with Gasteiger partial charge in [-0.1, -0.05) is 40.2 Å². The monoisotopic (exact) mass is 397 g/mol. The van der Waals surface area contributed by atoms with Crippen molar-refractivity contribution in [2.45, 2.75) is 79.2 Å². The molecule has 3 amide bonds. The normalized spacial score (nSPS) is 15.1. The molecule has 0 bridgehead atoms. The number of hydrogen-bond acceptors (Lipinski definition) is 3. The molecule has 0 aliphatic carbocycles. The number of carbonyl (C=O) groups excluding carboxylic acids is 3. The predicted molar refractivity (Wildman–Crippen MR) is 117 cm³/mol. The van der Waals surface area contributed by atoms with Crippen LogP contribution >= 0.6 is 0 Å². The smallest absolute Gasteiger partial charge is 0.242 e. The molecule has 0 aromatic heterocycles. The molecule has 0 aromatic carbocycles. The van der Waals surface area contributed by atoms with Crippen molar-refractivity contribution < 1.29 is 14.4 Å². The summed E-state index contributed by atoms with van der Waals surface area (Å²) in [6.45, 7) is 15.3. The van der Waals surface area contributed by atoms with Crippen molar-refractivity contribution in [3.05, 3.63) is 12.7 Å². The Balaban J connectivity index is 0. The molecule has 1 aliphatic rings. The highest BCUT2D eigenvalue weighted by atomic mass is 16.2. The lowest BCUT2D eigenvalue weighted by molar-refractivity contribution is -0.138. The van der Waals surface area contributed by atoms with Gasteiger partial charge in [0.2, 0.25) is 18.2 Å². The van der Waals surface area contributed by atoms with Crippen molar-refractivity contribution in [3.63, 3.8) is 0 Å². The Morgan fingerprint density at radius 2 is 1.71 bits per heavy atom. The fourth-order valence-corrected chi connectivity index (χ4v) is 2.74. The van der Waals surface area contributed by atoms with E-state index < -0.39 is 0 Å². The van der Waals surface area contributed by atoms with Gasteiger partial charge in [0, 0.05) is 26.6 Å². The molecule has 0 saturated carbocycles. The van der Waals surface area contributed by atoms with Gasteiger partial charge in [-0.15, -0.1) is 6.58 Å². The fraction of sp³-hybridized carbons (Fsp3) is 0.773. The molecule has 28 heavy (non-hydrogen) atoms. The lowest BCUT2D eigenvalue weighted by Gasteiger charge is -2.24. The molecule has 0 radical (unpaired) electrons. The predicted octanol–water partition coefficient (Wildman–Crippen LogP) is 3.52. The Bertz CT molecular complexity index is 405. The molecule has 1 unspecified atom stereocenters. The van der Waals surface area contributed by atoms with Crippen LogP contribution in [0, 0.1) is 11.8 Å². The van der Waals surface area contributed by atoms with Crippen LogP contribution in [0.4, 0.5) is 0 Å². The molecule has 164 valence electrons. The van der Waals surface area contributed by atoms with Crippen molar-refractivity contribution in [1.82, 2.24) is 15.5 Å². The van der Waals surface area contributed by atoms with Gasteiger partial charge < -0.3 is 15.5 Å².